The molecule has 1 aromatic heterocycles. The van der Waals surface area contributed by atoms with Gasteiger partial charge in [-0.15, -0.1) is 0 Å². The number of hydrogen-bond donors (Lipinski definition) is 1. The molecule has 1 atom stereocenters. The summed E-state index contributed by atoms with van der Waals surface area (Å²) in [6, 6.07) is 12.1. The maximum absolute atomic E-state index is 12.1. The fraction of sp³-hybridized carbons (Fsp3) is 0.312. The number of aromatic nitrogens is 1. The van der Waals surface area contributed by atoms with Crippen LogP contribution in [0.3, 0.4) is 0 Å². The van der Waals surface area contributed by atoms with Gasteiger partial charge in [0.1, 0.15) is 0 Å². The number of pyridine rings is 1. The van der Waals surface area contributed by atoms with Gasteiger partial charge >= 0.3 is 0 Å². The number of nitrogens with zero attached hydrogens (tertiary/aromatic N) is 1. The van der Waals surface area contributed by atoms with Crippen molar-refractivity contribution in [1.82, 2.24) is 4.57 Å². The standard InChI is InChI=1S/C16H19NO4S/c1-17-10-5-8-14(16(17)19)12-22(20,21)11-9-15(18)13-6-3-2-4-7-13/h2-8,10,15,18H,9,11-12H2,1H3/t15-/m1/s1. The van der Waals surface area contributed by atoms with E-state index < -0.39 is 15.9 Å². The highest BCUT2D eigenvalue weighted by atomic mass is 32.2. The summed E-state index contributed by atoms with van der Waals surface area (Å²) in [6.07, 6.45) is 0.867. The molecule has 0 saturated heterocycles. The van der Waals surface area contributed by atoms with Gasteiger partial charge in [0.25, 0.3) is 5.56 Å². The number of aryl methyl sites for hydroxylation is 1. The van der Waals surface area contributed by atoms with E-state index in [-0.39, 0.29) is 29.0 Å². The summed E-state index contributed by atoms with van der Waals surface area (Å²) in [5, 5.41) is 10.0. The Labute approximate surface area is 129 Å². The minimum absolute atomic E-state index is 0.111. The Morgan fingerprint density at radius 3 is 2.50 bits per heavy atom. The topological polar surface area (TPSA) is 76.4 Å². The number of hydrogen-bond acceptors (Lipinski definition) is 4. The fourth-order valence-corrected chi connectivity index (χ4v) is 3.63. The lowest BCUT2D eigenvalue weighted by Gasteiger charge is -2.11. The van der Waals surface area contributed by atoms with Gasteiger partial charge in [0.2, 0.25) is 0 Å². The Morgan fingerprint density at radius 2 is 1.82 bits per heavy atom. The van der Waals surface area contributed by atoms with E-state index in [1.165, 1.54) is 10.6 Å². The monoisotopic (exact) mass is 321 g/mol. The van der Waals surface area contributed by atoms with Gasteiger partial charge in [-0.05, 0) is 18.1 Å². The largest absolute Gasteiger partial charge is 0.388 e. The van der Waals surface area contributed by atoms with E-state index >= 15 is 0 Å². The van der Waals surface area contributed by atoms with E-state index in [1.54, 1.807) is 43.6 Å². The molecule has 0 amide bonds. The van der Waals surface area contributed by atoms with Gasteiger partial charge in [-0.2, -0.15) is 0 Å². The molecule has 5 nitrogen and oxygen atoms in total. The Hall–Kier alpha value is -1.92. The zero-order valence-electron chi connectivity index (χ0n) is 12.3. The van der Waals surface area contributed by atoms with Gasteiger partial charge in [-0.1, -0.05) is 36.4 Å². The van der Waals surface area contributed by atoms with Gasteiger partial charge in [0, 0.05) is 18.8 Å². The average molecular weight is 321 g/mol. The normalized spacial score (nSPS) is 13.0. The van der Waals surface area contributed by atoms with E-state index in [2.05, 4.69) is 0 Å². The van der Waals surface area contributed by atoms with Crippen LogP contribution in [-0.4, -0.2) is 23.8 Å². The van der Waals surface area contributed by atoms with E-state index in [0.29, 0.717) is 5.56 Å². The van der Waals surface area contributed by atoms with Crippen LogP contribution >= 0.6 is 0 Å². The lowest BCUT2D eigenvalue weighted by molar-refractivity contribution is 0.174. The minimum atomic E-state index is -3.45. The van der Waals surface area contributed by atoms with Crippen LogP contribution in [0.5, 0.6) is 0 Å². The summed E-state index contributed by atoms with van der Waals surface area (Å²) < 4.78 is 25.6. The second-order valence-corrected chi connectivity index (χ2v) is 7.44. The third-order valence-electron chi connectivity index (χ3n) is 3.46. The second-order valence-electron chi connectivity index (χ2n) is 5.26. The molecule has 1 aromatic carbocycles. The molecule has 1 heterocycles. The highest BCUT2D eigenvalue weighted by molar-refractivity contribution is 7.90. The van der Waals surface area contributed by atoms with E-state index in [4.69, 9.17) is 0 Å². The predicted octanol–water partition coefficient (Wildman–Crippen LogP) is 1.42. The molecule has 0 spiro atoms. The molecular weight excluding hydrogens is 302 g/mol. The van der Waals surface area contributed by atoms with Crippen LogP contribution in [-0.2, 0) is 22.6 Å². The predicted molar refractivity (Wildman–Crippen MR) is 85.2 cm³/mol. The summed E-state index contributed by atoms with van der Waals surface area (Å²) in [7, 11) is -1.87. The SMILES string of the molecule is Cn1cccc(CS(=O)(=O)CC[C@@H](O)c2ccccc2)c1=O. The summed E-state index contributed by atoms with van der Waals surface area (Å²) in [5.74, 6) is -0.469. The summed E-state index contributed by atoms with van der Waals surface area (Å²) in [6.45, 7) is 0. The van der Waals surface area contributed by atoms with Crippen molar-refractivity contribution >= 4 is 9.84 Å². The van der Waals surface area contributed by atoms with Crippen LogP contribution in [0.15, 0.2) is 53.5 Å². The number of aliphatic hydroxyl groups excluding tert-OH is 1. The molecule has 6 heteroatoms. The van der Waals surface area contributed by atoms with Crippen LogP contribution in [0, 0.1) is 0 Å². The van der Waals surface area contributed by atoms with Gasteiger partial charge in [0.15, 0.2) is 9.84 Å². The molecule has 2 rings (SSSR count). The van der Waals surface area contributed by atoms with Crippen molar-refractivity contribution in [3.05, 3.63) is 70.1 Å². The highest BCUT2D eigenvalue weighted by Gasteiger charge is 2.17. The smallest absolute Gasteiger partial charge is 0.254 e. The Morgan fingerprint density at radius 1 is 1.14 bits per heavy atom. The van der Waals surface area contributed by atoms with E-state index in [9.17, 15) is 18.3 Å². The summed E-state index contributed by atoms with van der Waals surface area (Å²) in [5.41, 5.74) is 0.627. The van der Waals surface area contributed by atoms with Gasteiger partial charge in [-0.3, -0.25) is 4.79 Å². The number of rotatable bonds is 6. The first-order valence-corrected chi connectivity index (χ1v) is 8.79. The van der Waals surface area contributed by atoms with E-state index in [1.807, 2.05) is 6.07 Å². The van der Waals surface area contributed by atoms with Crippen molar-refractivity contribution in [3.63, 3.8) is 0 Å². The van der Waals surface area contributed by atoms with Gasteiger partial charge in [-0.25, -0.2) is 8.42 Å². The lowest BCUT2D eigenvalue weighted by Crippen LogP contribution is -2.23. The van der Waals surface area contributed by atoms with Crippen LogP contribution in [0.2, 0.25) is 0 Å². The van der Waals surface area contributed by atoms with Gasteiger partial charge in [0.05, 0.1) is 17.6 Å². The number of aliphatic hydroxyl groups is 1. The minimum Gasteiger partial charge on any atom is -0.388 e. The molecule has 0 saturated carbocycles. The number of sulfone groups is 1. The molecule has 2 aromatic rings. The molecule has 0 aliphatic heterocycles. The van der Waals surface area contributed by atoms with Crippen LogP contribution < -0.4 is 5.56 Å². The maximum Gasteiger partial charge on any atom is 0.254 e. The molecule has 0 bridgehead atoms. The maximum atomic E-state index is 12.1. The molecule has 0 unspecified atom stereocenters. The van der Waals surface area contributed by atoms with Crippen molar-refractivity contribution in [3.8, 4) is 0 Å². The Kier molecular flexibility index (Phi) is 5.15. The van der Waals surface area contributed by atoms with E-state index in [0.717, 1.165) is 0 Å². The third-order valence-corrected chi connectivity index (χ3v) is 5.07. The van der Waals surface area contributed by atoms with Crippen LogP contribution in [0.4, 0.5) is 0 Å². The quantitative estimate of drug-likeness (QED) is 0.873. The Balaban J connectivity index is 2.03. The fourth-order valence-electron chi connectivity index (χ4n) is 2.21. The first kappa shape index (κ1) is 16.5. The Bertz CT molecular complexity index is 781. The molecular formula is C16H19NO4S. The zero-order chi connectivity index (χ0) is 16.2. The third kappa shape index (κ3) is 4.29. The van der Waals surface area contributed by atoms with Crippen molar-refractivity contribution in [2.75, 3.05) is 5.75 Å². The first-order chi connectivity index (χ1) is 10.4. The highest BCUT2D eigenvalue weighted by Crippen LogP contribution is 2.17. The molecule has 0 aliphatic rings. The van der Waals surface area contributed by atoms with Crippen LogP contribution in [0.1, 0.15) is 23.7 Å². The molecule has 1 N–H and O–H groups in total. The van der Waals surface area contributed by atoms with Crippen molar-refractivity contribution in [2.24, 2.45) is 7.05 Å². The van der Waals surface area contributed by atoms with Crippen molar-refractivity contribution in [2.45, 2.75) is 18.3 Å². The molecule has 22 heavy (non-hydrogen) atoms. The lowest BCUT2D eigenvalue weighted by atomic mass is 10.1. The van der Waals surface area contributed by atoms with Gasteiger partial charge < -0.3 is 9.67 Å². The van der Waals surface area contributed by atoms with Crippen molar-refractivity contribution in [1.29, 1.82) is 0 Å². The molecule has 118 valence electrons. The molecule has 0 aliphatic carbocycles. The first-order valence-electron chi connectivity index (χ1n) is 6.97. The molecule has 0 fully saturated rings. The zero-order valence-corrected chi connectivity index (χ0v) is 13.2. The summed E-state index contributed by atoms with van der Waals surface area (Å²) in [4.78, 5) is 11.9. The van der Waals surface area contributed by atoms with Crippen molar-refractivity contribution < 1.29 is 13.5 Å². The molecule has 0 radical (unpaired) electrons. The van der Waals surface area contributed by atoms with Crippen LogP contribution in [0.25, 0.3) is 0 Å². The summed E-state index contributed by atoms with van der Waals surface area (Å²) >= 11 is 0. The second kappa shape index (κ2) is 6.89. The average Bonchev–Trinajstić information content (AvgIpc) is 2.50. The number of benzene rings is 1.